The Labute approximate surface area is 72.0 Å². The van der Waals surface area contributed by atoms with Crippen LogP contribution in [-0.2, 0) is 9.53 Å². The van der Waals surface area contributed by atoms with Gasteiger partial charge in [0.25, 0.3) is 0 Å². The minimum atomic E-state index is -0.681. The molecule has 3 nitrogen and oxygen atoms in total. The first-order chi connectivity index (χ1) is 5.54. The molecular formula is C9H14O3. The Balaban J connectivity index is 2.85. The molecule has 3 heteroatoms. The molecule has 0 bridgehead atoms. The van der Waals surface area contributed by atoms with Gasteiger partial charge in [0.2, 0.25) is 0 Å². The molecule has 1 rings (SSSR count). The summed E-state index contributed by atoms with van der Waals surface area (Å²) in [5.41, 5.74) is 1.30. The minimum absolute atomic E-state index is 0.0561. The average molecular weight is 170 g/mol. The molecule has 0 radical (unpaired) electrons. The number of carbonyl (C=O) groups is 1. The third-order valence-corrected chi connectivity index (χ3v) is 2.03. The van der Waals surface area contributed by atoms with Gasteiger partial charge in [0, 0.05) is 0 Å². The topological polar surface area (TPSA) is 46.5 Å². The van der Waals surface area contributed by atoms with Crippen LogP contribution in [0.25, 0.3) is 0 Å². The Morgan fingerprint density at radius 3 is 2.42 bits per heavy atom. The highest BCUT2D eigenvalue weighted by Crippen LogP contribution is 2.22. The molecule has 0 aliphatic carbocycles. The lowest BCUT2D eigenvalue weighted by molar-refractivity contribution is -0.137. The monoisotopic (exact) mass is 170 g/mol. The number of hydrogen-bond donors (Lipinski definition) is 1. The SMILES string of the molecule is CC1=C(C(O)C(C)C)C(=O)OC1. The number of ether oxygens (including phenoxy) is 1. The van der Waals surface area contributed by atoms with Crippen molar-refractivity contribution in [2.75, 3.05) is 6.61 Å². The summed E-state index contributed by atoms with van der Waals surface area (Å²) in [7, 11) is 0. The molecule has 0 aromatic rings. The highest BCUT2D eigenvalue weighted by atomic mass is 16.5. The Bertz CT molecular complexity index is 228. The number of cyclic esters (lactones) is 1. The molecule has 0 saturated carbocycles. The normalized spacial score (nSPS) is 20.2. The van der Waals surface area contributed by atoms with Gasteiger partial charge in [0.05, 0.1) is 11.7 Å². The molecule has 68 valence electrons. The van der Waals surface area contributed by atoms with E-state index in [2.05, 4.69) is 0 Å². The van der Waals surface area contributed by atoms with Crippen LogP contribution < -0.4 is 0 Å². The molecule has 0 amide bonds. The first kappa shape index (κ1) is 9.26. The van der Waals surface area contributed by atoms with Gasteiger partial charge in [-0.15, -0.1) is 0 Å². The quantitative estimate of drug-likeness (QED) is 0.626. The van der Waals surface area contributed by atoms with Crippen LogP contribution in [0.2, 0.25) is 0 Å². The fourth-order valence-corrected chi connectivity index (χ4v) is 1.21. The molecule has 0 aromatic heterocycles. The van der Waals surface area contributed by atoms with Crippen molar-refractivity contribution >= 4 is 5.97 Å². The summed E-state index contributed by atoms with van der Waals surface area (Å²) < 4.78 is 4.78. The van der Waals surface area contributed by atoms with Gasteiger partial charge in [0.1, 0.15) is 6.61 Å². The summed E-state index contributed by atoms with van der Waals surface area (Å²) in [6.45, 7) is 5.89. The van der Waals surface area contributed by atoms with Gasteiger partial charge in [0.15, 0.2) is 0 Å². The number of hydrogen-bond acceptors (Lipinski definition) is 3. The van der Waals surface area contributed by atoms with Gasteiger partial charge in [-0.05, 0) is 18.4 Å². The Morgan fingerprint density at radius 1 is 1.50 bits per heavy atom. The second kappa shape index (κ2) is 3.27. The maximum Gasteiger partial charge on any atom is 0.337 e. The lowest BCUT2D eigenvalue weighted by Crippen LogP contribution is -2.22. The highest BCUT2D eigenvalue weighted by Gasteiger charge is 2.29. The average Bonchev–Trinajstić information content (AvgIpc) is 2.30. The molecule has 1 atom stereocenters. The number of aliphatic hydroxyl groups is 1. The van der Waals surface area contributed by atoms with Crippen molar-refractivity contribution < 1.29 is 14.6 Å². The van der Waals surface area contributed by atoms with E-state index in [-0.39, 0.29) is 11.9 Å². The fourth-order valence-electron chi connectivity index (χ4n) is 1.21. The van der Waals surface area contributed by atoms with Gasteiger partial charge in [-0.25, -0.2) is 4.79 Å². The second-order valence-corrected chi connectivity index (χ2v) is 3.46. The van der Waals surface area contributed by atoms with E-state index in [9.17, 15) is 9.90 Å². The molecule has 12 heavy (non-hydrogen) atoms. The zero-order valence-electron chi connectivity index (χ0n) is 7.63. The molecule has 1 unspecified atom stereocenters. The zero-order valence-corrected chi connectivity index (χ0v) is 7.63. The molecule has 1 heterocycles. The molecule has 1 N–H and O–H groups in total. The van der Waals surface area contributed by atoms with Crippen molar-refractivity contribution in [3.05, 3.63) is 11.1 Å². The lowest BCUT2D eigenvalue weighted by atomic mass is 9.97. The van der Waals surface area contributed by atoms with E-state index in [0.29, 0.717) is 12.2 Å². The molecular weight excluding hydrogens is 156 g/mol. The Kier molecular flexibility index (Phi) is 2.52. The highest BCUT2D eigenvalue weighted by molar-refractivity contribution is 5.92. The maximum absolute atomic E-state index is 11.1. The van der Waals surface area contributed by atoms with Gasteiger partial charge in [-0.3, -0.25) is 0 Å². The Morgan fingerprint density at radius 2 is 2.08 bits per heavy atom. The summed E-state index contributed by atoms with van der Waals surface area (Å²) in [4.78, 5) is 11.1. The van der Waals surface area contributed by atoms with E-state index < -0.39 is 6.10 Å². The smallest absolute Gasteiger partial charge is 0.337 e. The van der Waals surface area contributed by atoms with Crippen LogP contribution in [0.15, 0.2) is 11.1 Å². The van der Waals surface area contributed by atoms with E-state index in [4.69, 9.17) is 4.74 Å². The van der Waals surface area contributed by atoms with Gasteiger partial charge in [-0.1, -0.05) is 13.8 Å². The lowest BCUT2D eigenvalue weighted by Gasteiger charge is -2.13. The van der Waals surface area contributed by atoms with Gasteiger partial charge >= 0.3 is 5.97 Å². The van der Waals surface area contributed by atoms with E-state index in [1.54, 1.807) is 0 Å². The number of rotatable bonds is 2. The molecule has 0 spiro atoms. The van der Waals surface area contributed by atoms with Crippen LogP contribution >= 0.6 is 0 Å². The van der Waals surface area contributed by atoms with E-state index in [1.165, 1.54) is 0 Å². The van der Waals surface area contributed by atoms with Crippen LogP contribution in [0, 0.1) is 5.92 Å². The van der Waals surface area contributed by atoms with Crippen molar-refractivity contribution in [3.63, 3.8) is 0 Å². The van der Waals surface area contributed by atoms with Crippen molar-refractivity contribution in [1.82, 2.24) is 0 Å². The summed E-state index contributed by atoms with van der Waals surface area (Å²) >= 11 is 0. The van der Waals surface area contributed by atoms with E-state index in [1.807, 2.05) is 20.8 Å². The molecule has 1 aliphatic heterocycles. The van der Waals surface area contributed by atoms with Crippen molar-refractivity contribution in [2.24, 2.45) is 5.92 Å². The first-order valence-corrected chi connectivity index (χ1v) is 4.09. The molecule has 0 fully saturated rings. The third kappa shape index (κ3) is 1.50. The number of aliphatic hydroxyl groups excluding tert-OH is 1. The summed E-state index contributed by atoms with van der Waals surface area (Å²) in [5.74, 6) is -0.311. The molecule has 0 saturated heterocycles. The summed E-state index contributed by atoms with van der Waals surface area (Å²) in [6, 6.07) is 0. The summed E-state index contributed by atoms with van der Waals surface area (Å²) in [5, 5.41) is 9.61. The maximum atomic E-state index is 11.1. The summed E-state index contributed by atoms with van der Waals surface area (Å²) in [6.07, 6.45) is -0.681. The van der Waals surface area contributed by atoms with Crippen molar-refractivity contribution in [1.29, 1.82) is 0 Å². The van der Waals surface area contributed by atoms with E-state index >= 15 is 0 Å². The van der Waals surface area contributed by atoms with Crippen LogP contribution in [0.3, 0.4) is 0 Å². The minimum Gasteiger partial charge on any atom is -0.458 e. The predicted molar refractivity (Wildman–Crippen MR) is 44.5 cm³/mol. The van der Waals surface area contributed by atoms with Crippen molar-refractivity contribution in [2.45, 2.75) is 26.9 Å². The molecule has 0 aromatic carbocycles. The van der Waals surface area contributed by atoms with Crippen LogP contribution in [0.1, 0.15) is 20.8 Å². The van der Waals surface area contributed by atoms with Gasteiger partial charge in [-0.2, -0.15) is 0 Å². The fraction of sp³-hybridized carbons (Fsp3) is 0.667. The van der Waals surface area contributed by atoms with Crippen LogP contribution in [-0.4, -0.2) is 23.8 Å². The number of carbonyl (C=O) groups excluding carboxylic acids is 1. The Hall–Kier alpha value is -0.830. The standard InChI is InChI=1S/C9H14O3/c1-5(2)8(10)7-6(3)4-12-9(7)11/h5,8,10H,4H2,1-3H3. The second-order valence-electron chi connectivity index (χ2n) is 3.46. The predicted octanol–water partition coefficient (Wildman–Crippen LogP) is 0.877. The van der Waals surface area contributed by atoms with Crippen molar-refractivity contribution in [3.8, 4) is 0 Å². The number of esters is 1. The van der Waals surface area contributed by atoms with Gasteiger partial charge < -0.3 is 9.84 Å². The van der Waals surface area contributed by atoms with Crippen LogP contribution in [0.4, 0.5) is 0 Å². The third-order valence-electron chi connectivity index (χ3n) is 2.03. The molecule has 1 aliphatic rings. The largest absolute Gasteiger partial charge is 0.458 e. The zero-order chi connectivity index (χ0) is 9.30. The van der Waals surface area contributed by atoms with Crippen LogP contribution in [0.5, 0.6) is 0 Å². The first-order valence-electron chi connectivity index (χ1n) is 4.09. The van der Waals surface area contributed by atoms with E-state index in [0.717, 1.165) is 5.57 Å².